The Morgan fingerprint density at radius 1 is 0.879 bits per heavy atom. The van der Waals surface area contributed by atoms with Crippen molar-refractivity contribution in [2.24, 2.45) is 0 Å². The second-order valence-corrected chi connectivity index (χ2v) is 8.15. The van der Waals surface area contributed by atoms with Gasteiger partial charge in [-0.2, -0.15) is 0 Å². The largest absolute Gasteiger partial charge is 0.496 e. The normalized spacial score (nSPS) is 15.1. The van der Waals surface area contributed by atoms with Gasteiger partial charge < -0.3 is 24.1 Å². The zero-order valence-electron chi connectivity index (χ0n) is 18.9. The molecule has 1 amide bonds. The SMILES string of the molecule is COc1cc(OC)c([C@@H]2CC(=O)Nc3cccc4c3c2cn4Cc2ccccc2)cc1OC. The van der Waals surface area contributed by atoms with Crippen LogP contribution in [0.2, 0.25) is 0 Å². The van der Waals surface area contributed by atoms with Crippen molar-refractivity contribution in [3.05, 3.63) is 83.6 Å². The van der Waals surface area contributed by atoms with E-state index in [0.717, 1.165) is 34.3 Å². The summed E-state index contributed by atoms with van der Waals surface area (Å²) >= 11 is 0. The van der Waals surface area contributed by atoms with Crippen molar-refractivity contribution in [2.45, 2.75) is 18.9 Å². The summed E-state index contributed by atoms with van der Waals surface area (Å²) in [5.74, 6) is 1.61. The van der Waals surface area contributed by atoms with Gasteiger partial charge in [0.15, 0.2) is 11.5 Å². The number of carbonyl (C=O) groups is 1. The molecule has 6 heteroatoms. The zero-order valence-corrected chi connectivity index (χ0v) is 18.9. The summed E-state index contributed by atoms with van der Waals surface area (Å²) < 4.78 is 19.0. The topological polar surface area (TPSA) is 61.7 Å². The van der Waals surface area contributed by atoms with Gasteiger partial charge in [0.1, 0.15) is 5.75 Å². The second kappa shape index (κ2) is 8.54. The van der Waals surface area contributed by atoms with Crippen LogP contribution in [-0.2, 0) is 11.3 Å². The summed E-state index contributed by atoms with van der Waals surface area (Å²) in [6, 6.07) is 20.2. The minimum absolute atomic E-state index is 0.0323. The van der Waals surface area contributed by atoms with Gasteiger partial charge in [-0.1, -0.05) is 36.4 Å². The molecule has 0 radical (unpaired) electrons. The first kappa shape index (κ1) is 20.9. The molecule has 1 aromatic heterocycles. The lowest BCUT2D eigenvalue weighted by molar-refractivity contribution is -0.116. The van der Waals surface area contributed by atoms with Crippen LogP contribution in [-0.4, -0.2) is 31.8 Å². The molecule has 33 heavy (non-hydrogen) atoms. The molecular formula is C27H26N2O4. The van der Waals surface area contributed by atoms with Crippen molar-refractivity contribution in [3.63, 3.8) is 0 Å². The van der Waals surface area contributed by atoms with E-state index in [1.54, 1.807) is 21.3 Å². The maximum absolute atomic E-state index is 12.9. The smallest absolute Gasteiger partial charge is 0.225 e. The molecule has 1 atom stereocenters. The van der Waals surface area contributed by atoms with E-state index >= 15 is 0 Å². The van der Waals surface area contributed by atoms with E-state index in [1.165, 1.54) is 5.56 Å². The lowest BCUT2D eigenvalue weighted by Crippen LogP contribution is -2.14. The van der Waals surface area contributed by atoms with Crippen molar-refractivity contribution in [1.29, 1.82) is 0 Å². The number of ether oxygens (including phenoxy) is 3. The van der Waals surface area contributed by atoms with Crippen LogP contribution in [0.3, 0.4) is 0 Å². The lowest BCUT2D eigenvalue weighted by atomic mass is 9.87. The molecule has 0 bridgehead atoms. The third-order valence-corrected chi connectivity index (χ3v) is 6.28. The Morgan fingerprint density at radius 2 is 1.61 bits per heavy atom. The van der Waals surface area contributed by atoms with Crippen molar-refractivity contribution in [1.82, 2.24) is 4.57 Å². The highest BCUT2D eigenvalue weighted by Gasteiger charge is 2.30. The molecular weight excluding hydrogens is 416 g/mol. The Kier molecular flexibility index (Phi) is 5.42. The molecule has 0 fully saturated rings. The van der Waals surface area contributed by atoms with Gasteiger partial charge in [-0.15, -0.1) is 0 Å². The summed E-state index contributed by atoms with van der Waals surface area (Å²) in [7, 11) is 4.84. The van der Waals surface area contributed by atoms with Gasteiger partial charge in [-0.25, -0.2) is 0 Å². The van der Waals surface area contributed by atoms with Crippen LogP contribution in [0.4, 0.5) is 5.69 Å². The van der Waals surface area contributed by atoms with E-state index < -0.39 is 0 Å². The van der Waals surface area contributed by atoms with Crippen LogP contribution in [0.25, 0.3) is 10.9 Å². The summed E-state index contributed by atoms with van der Waals surface area (Å²) in [5, 5.41) is 4.16. The number of nitrogens with one attached hydrogen (secondary N) is 1. The van der Waals surface area contributed by atoms with Crippen LogP contribution < -0.4 is 19.5 Å². The summed E-state index contributed by atoms with van der Waals surface area (Å²) in [6.45, 7) is 0.741. The number of methoxy groups -OCH3 is 3. The Labute approximate surface area is 192 Å². The predicted molar refractivity (Wildman–Crippen MR) is 129 cm³/mol. The van der Waals surface area contributed by atoms with Crippen LogP contribution >= 0.6 is 0 Å². The molecule has 1 aliphatic heterocycles. The molecule has 3 aromatic carbocycles. The number of nitrogens with zero attached hydrogens (tertiary/aromatic N) is 1. The maximum Gasteiger partial charge on any atom is 0.225 e. The van der Waals surface area contributed by atoms with Crippen molar-refractivity contribution in [2.75, 3.05) is 26.6 Å². The fourth-order valence-electron chi connectivity index (χ4n) is 4.76. The van der Waals surface area contributed by atoms with Gasteiger partial charge in [0.25, 0.3) is 0 Å². The number of rotatable bonds is 6. The first-order chi connectivity index (χ1) is 16.1. The molecule has 1 N–H and O–H groups in total. The monoisotopic (exact) mass is 442 g/mol. The van der Waals surface area contributed by atoms with Crippen molar-refractivity contribution < 1.29 is 19.0 Å². The van der Waals surface area contributed by atoms with Gasteiger partial charge in [0, 0.05) is 42.1 Å². The van der Waals surface area contributed by atoms with E-state index in [-0.39, 0.29) is 11.8 Å². The number of hydrogen-bond acceptors (Lipinski definition) is 4. The molecule has 2 heterocycles. The van der Waals surface area contributed by atoms with E-state index in [4.69, 9.17) is 14.2 Å². The number of aromatic nitrogens is 1. The first-order valence-electron chi connectivity index (χ1n) is 10.9. The molecule has 0 aliphatic carbocycles. The quantitative estimate of drug-likeness (QED) is 0.446. The van der Waals surface area contributed by atoms with Crippen LogP contribution in [0.15, 0.2) is 66.9 Å². The Hall–Kier alpha value is -3.93. The highest BCUT2D eigenvalue weighted by atomic mass is 16.5. The van der Waals surface area contributed by atoms with Crippen LogP contribution in [0.5, 0.6) is 17.2 Å². The Morgan fingerprint density at radius 3 is 2.33 bits per heavy atom. The van der Waals surface area contributed by atoms with Gasteiger partial charge >= 0.3 is 0 Å². The molecule has 1 aliphatic rings. The molecule has 0 spiro atoms. The lowest BCUT2D eigenvalue weighted by Gasteiger charge is -2.20. The fourth-order valence-corrected chi connectivity index (χ4v) is 4.76. The Balaban J connectivity index is 1.72. The minimum Gasteiger partial charge on any atom is -0.496 e. The number of anilines is 1. The third kappa shape index (κ3) is 3.67. The van der Waals surface area contributed by atoms with Gasteiger partial charge in [-0.3, -0.25) is 4.79 Å². The summed E-state index contributed by atoms with van der Waals surface area (Å²) in [5.41, 5.74) is 5.10. The fraction of sp³-hybridized carbons (Fsp3) is 0.222. The highest BCUT2D eigenvalue weighted by molar-refractivity contribution is 6.06. The van der Waals surface area contributed by atoms with E-state index in [9.17, 15) is 4.79 Å². The van der Waals surface area contributed by atoms with E-state index in [1.807, 2.05) is 42.5 Å². The number of hydrogen-bond donors (Lipinski definition) is 1. The standard InChI is InChI=1S/C27H26N2O4/c1-31-23-14-25(33-3)24(32-2)12-19(23)18-13-26(30)28-21-10-7-11-22-27(21)20(18)16-29(22)15-17-8-5-4-6-9-17/h4-12,14,16,18H,13,15H2,1-3H3,(H,28,30)/t18-/m0/s1. The van der Waals surface area contributed by atoms with Crippen molar-refractivity contribution in [3.8, 4) is 17.2 Å². The number of amides is 1. The number of carbonyl (C=O) groups excluding carboxylic acids is 1. The second-order valence-electron chi connectivity index (χ2n) is 8.15. The highest BCUT2D eigenvalue weighted by Crippen LogP contribution is 2.46. The van der Waals surface area contributed by atoms with Gasteiger partial charge in [-0.05, 0) is 29.3 Å². The third-order valence-electron chi connectivity index (χ3n) is 6.28. The first-order valence-corrected chi connectivity index (χ1v) is 10.9. The summed E-state index contributed by atoms with van der Waals surface area (Å²) in [4.78, 5) is 12.9. The van der Waals surface area contributed by atoms with E-state index in [0.29, 0.717) is 23.7 Å². The zero-order chi connectivity index (χ0) is 22.9. The molecule has 0 saturated heterocycles. The van der Waals surface area contributed by atoms with Gasteiger partial charge in [0.05, 0.1) is 32.5 Å². The van der Waals surface area contributed by atoms with Crippen LogP contribution in [0.1, 0.15) is 29.0 Å². The molecule has 0 saturated carbocycles. The van der Waals surface area contributed by atoms with Gasteiger partial charge in [0.2, 0.25) is 5.91 Å². The maximum atomic E-state index is 12.9. The minimum atomic E-state index is -0.206. The molecule has 168 valence electrons. The number of benzene rings is 3. The summed E-state index contributed by atoms with van der Waals surface area (Å²) in [6.07, 6.45) is 2.47. The average molecular weight is 443 g/mol. The van der Waals surface area contributed by atoms with Crippen molar-refractivity contribution >= 4 is 22.5 Å². The average Bonchev–Trinajstić information content (AvgIpc) is 3.14. The van der Waals surface area contributed by atoms with E-state index in [2.05, 4.69) is 34.3 Å². The Bertz CT molecular complexity index is 1330. The molecule has 6 nitrogen and oxygen atoms in total. The predicted octanol–water partition coefficient (Wildman–Crippen LogP) is 5.19. The molecule has 5 rings (SSSR count). The molecule has 0 unspecified atom stereocenters. The van der Waals surface area contributed by atoms with Crippen LogP contribution in [0, 0.1) is 0 Å². The molecule has 4 aromatic rings.